The fraction of sp³-hybridized carbons (Fsp3) is 0. The summed E-state index contributed by atoms with van der Waals surface area (Å²) in [5.41, 5.74) is 11.1. The highest BCUT2D eigenvalue weighted by atomic mass is 15.0. The van der Waals surface area contributed by atoms with Gasteiger partial charge in [-0.15, -0.1) is 0 Å². The molecular formula is C48H27N3. The van der Waals surface area contributed by atoms with Crippen LogP contribution < -0.4 is 0 Å². The molecule has 51 heavy (non-hydrogen) atoms. The second kappa shape index (κ2) is 9.03. The van der Waals surface area contributed by atoms with E-state index in [1.165, 1.54) is 109 Å². The van der Waals surface area contributed by atoms with E-state index >= 15 is 0 Å². The summed E-state index contributed by atoms with van der Waals surface area (Å²) < 4.78 is 7.49. The summed E-state index contributed by atoms with van der Waals surface area (Å²) in [5.74, 6) is 0. The SMILES string of the molecule is c1ccc2c(c1)c1ccccc1c1cc3c(cc21)c1ccccc1n3-c1ccc2c3cccc4c3n(c2c1)c1cccc2c3ccccc3n4c21. The zero-order chi connectivity index (χ0) is 32.9. The molecule has 4 aromatic heterocycles. The van der Waals surface area contributed by atoms with E-state index in [1.54, 1.807) is 0 Å². The van der Waals surface area contributed by atoms with Gasteiger partial charge in [0.05, 0.1) is 44.1 Å². The van der Waals surface area contributed by atoms with Gasteiger partial charge in [0.2, 0.25) is 0 Å². The second-order valence-corrected chi connectivity index (χ2v) is 14.1. The summed E-state index contributed by atoms with van der Waals surface area (Å²) >= 11 is 0. The van der Waals surface area contributed by atoms with Crippen LogP contribution in [0.15, 0.2) is 164 Å². The monoisotopic (exact) mass is 645 g/mol. The molecule has 0 aliphatic carbocycles. The van der Waals surface area contributed by atoms with Crippen LogP contribution in [0.4, 0.5) is 0 Å². The van der Waals surface area contributed by atoms with Crippen molar-refractivity contribution in [2.75, 3.05) is 0 Å². The molecule has 3 heteroatoms. The van der Waals surface area contributed by atoms with Crippen LogP contribution in [0, 0.1) is 0 Å². The molecule has 9 aromatic carbocycles. The van der Waals surface area contributed by atoms with Crippen molar-refractivity contribution in [2.24, 2.45) is 0 Å². The first-order valence-electron chi connectivity index (χ1n) is 17.7. The third kappa shape index (κ3) is 3.08. The van der Waals surface area contributed by atoms with E-state index < -0.39 is 0 Å². The number of nitrogens with zero attached hydrogens (tertiary/aromatic N) is 3. The van der Waals surface area contributed by atoms with Crippen LogP contribution in [0.3, 0.4) is 0 Å². The van der Waals surface area contributed by atoms with E-state index in [-0.39, 0.29) is 0 Å². The molecule has 0 aliphatic heterocycles. The van der Waals surface area contributed by atoms with Gasteiger partial charge in [-0.3, -0.25) is 0 Å². The first-order valence-corrected chi connectivity index (χ1v) is 17.7. The van der Waals surface area contributed by atoms with Crippen molar-refractivity contribution in [1.82, 2.24) is 13.4 Å². The minimum Gasteiger partial charge on any atom is -0.309 e. The van der Waals surface area contributed by atoms with Crippen molar-refractivity contribution in [3.63, 3.8) is 0 Å². The molecular weight excluding hydrogens is 619 g/mol. The van der Waals surface area contributed by atoms with E-state index in [2.05, 4.69) is 177 Å². The van der Waals surface area contributed by atoms with Gasteiger partial charge >= 0.3 is 0 Å². The Balaban J connectivity index is 1.20. The maximum atomic E-state index is 2.52. The van der Waals surface area contributed by atoms with Crippen molar-refractivity contribution in [3.8, 4) is 5.69 Å². The standard InChI is InChI=1S/C48H27N3/c1-3-13-31-29(11-1)30-12-2-4-14-32(30)39-27-46-40(26-38(31)39)34-16-6-7-19-41(34)49(46)28-23-24-35-37-18-10-21-43-48(37)51(45(35)25-28)44-22-9-17-36-33-15-5-8-20-42(33)50(43)47(36)44/h1-27H. The van der Waals surface area contributed by atoms with Crippen molar-refractivity contribution in [2.45, 2.75) is 0 Å². The number of hydrogen-bond acceptors (Lipinski definition) is 0. The lowest BCUT2D eigenvalue weighted by atomic mass is 9.93. The molecule has 0 saturated carbocycles. The zero-order valence-corrected chi connectivity index (χ0v) is 27.4. The van der Waals surface area contributed by atoms with Gasteiger partial charge in [0.1, 0.15) is 0 Å². The van der Waals surface area contributed by atoms with Gasteiger partial charge in [0, 0.05) is 38.0 Å². The summed E-state index contributed by atoms with van der Waals surface area (Å²) in [6, 6.07) is 61.0. The Morgan fingerprint density at radius 3 is 1.33 bits per heavy atom. The van der Waals surface area contributed by atoms with Crippen LogP contribution in [-0.4, -0.2) is 13.4 Å². The zero-order valence-electron chi connectivity index (χ0n) is 27.4. The average molecular weight is 646 g/mol. The van der Waals surface area contributed by atoms with Crippen molar-refractivity contribution >= 4 is 109 Å². The summed E-state index contributed by atoms with van der Waals surface area (Å²) in [6.45, 7) is 0. The molecule has 0 fully saturated rings. The predicted molar refractivity (Wildman–Crippen MR) is 216 cm³/mol. The summed E-state index contributed by atoms with van der Waals surface area (Å²) in [4.78, 5) is 0. The minimum atomic E-state index is 1.16. The molecule has 13 rings (SSSR count). The molecule has 0 aliphatic rings. The Morgan fingerprint density at radius 1 is 0.235 bits per heavy atom. The van der Waals surface area contributed by atoms with Gasteiger partial charge < -0.3 is 13.4 Å². The van der Waals surface area contributed by atoms with Gasteiger partial charge in [-0.2, -0.15) is 0 Å². The normalized spacial score (nSPS) is 12.7. The quantitative estimate of drug-likeness (QED) is 0.125. The molecule has 4 heterocycles. The highest BCUT2D eigenvalue weighted by Gasteiger charge is 2.22. The third-order valence-corrected chi connectivity index (χ3v) is 11.7. The van der Waals surface area contributed by atoms with E-state index in [9.17, 15) is 0 Å². The van der Waals surface area contributed by atoms with Crippen LogP contribution in [-0.2, 0) is 0 Å². The molecule has 0 spiro atoms. The highest BCUT2D eigenvalue weighted by Crippen LogP contribution is 2.43. The predicted octanol–water partition coefficient (Wildman–Crippen LogP) is 12.8. The lowest BCUT2D eigenvalue weighted by Crippen LogP contribution is -1.97. The van der Waals surface area contributed by atoms with Gasteiger partial charge in [0.15, 0.2) is 0 Å². The van der Waals surface area contributed by atoms with E-state index in [4.69, 9.17) is 0 Å². The van der Waals surface area contributed by atoms with Gasteiger partial charge in [-0.1, -0.05) is 115 Å². The second-order valence-electron chi connectivity index (χ2n) is 14.1. The van der Waals surface area contributed by atoms with Crippen molar-refractivity contribution in [1.29, 1.82) is 0 Å². The molecule has 0 radical (unpaired) electrons. The number of benzene rings is 9. The largest absolute Gasteiger partial charge is 0.309 e. The van der Waals surface area contributed by atoms with Gasteiger partial charge in [0.25, 0.3) is 0 Å². The Labute approximate surface area is 290 Å². The van der Waals surface area contributed by atoms with E-state index in [0.717, 1.165) is 5.69 Å². The lowest BCUT2D eigenvalue weighted by molar-refractivity contribution is 1.18. The number of hydrogen-bond donors (Lipinski definition) is 0. The van der Waals surface area contributed by atoms with Crippen LogP contribution in [0.25, 0.3) is 114 Å². The fourth-order valence-electron chi connectivity index (χ4n) is 9.68. The lowest BCUT2D eigenvalue weighted by Gasteiger charge is -2.13. The summed E-state index contributed by atoms with van der Waals surface area (Å²) in [6.07, 6.45) is 0. The Bertz CT molecular complexity index is 3650. The molecule has 0 saturated heterocycles. The van der Waals surface area contributed by atoms with Crippen molar-refractivity contribution in [3.05, 3.63) is 164 Å². The van der Waals surface area contributed by atoms with Crippen LogP contribution in [0.1, 0.15) is 0 Å². The summed E-state index contributed by atoms with van der Waals surface area (Å²) in [5, 5.41) is 15.4. The molecule has 0 N–H and O–H groups in total. The van der Waals surface area contributed by atoms with Crippen LogP contribution >= 0.6 is 0 Å². The van der Waals surface area contributed by atoms with Gasteiger partial charge in [-0.25, -0.2) is 0 Å². The fourth-order valence-corrected chi connectivity index (χ4v) is 9.68. The maximum absolute atomic E-state index is 2.52. The van der Waals surface area contributed by atoms with Crippen LogP contribution in [0.5, 0.6) is 0 Å². The first kappa shape index (κ1) is 26.1. The van der Waals surface area contributed by atoms with Crippen LogP contribution in [0.2, 0.25) is 0 Å². The average Bonchev–Trinajstić information content (AvgIpc) is 3.83. The molecule has 13 aromatic rings. The number of rotatable bonds is 1. The number of fused-ring (bicyclic) bond motifs is 17. The third-order valence-electron chi connectivity index (χ3n) is 11.7. The number of aromatic nitrogens is 3. The van der Waals surface area contributed by atoms with E-state index in [0.29, 0.717) is 0 Å². The molecule has 0 amide bonds. The first-order chi connectivity index (χ1) is 25.3. The smallest absolute Gasteiger partial charge is 0.0783 e. The molecule has 0 bridgehead atoms. The highest BCUT2D eigenvalue weighted by molar-refractivity contribution is 6.29. The Morgan fingerprint density at radius 2 is 0.686 bits per heavy atom. The maximum Gasteiger partial charge on any atom is 0.0783 e. The van der Waals surface area contributed by atoms with E-state index in [1.807, 2.05) is 0 Å². The molecule has 0 atom stereocenters. The van der Waals surface area contributed by atoms with Gasteiger partial charge in [-0.05, 0) is 80.8 Å². The Kier molecular flexibility index (Phi) is 4.62. The van der Waals surface area contributed by atoms with Crippen molar-refractivity contribution < 1.29 is 0 Å². The summed E-state index contributed by atoms with van der Waals surface area (Å²) in [7, 11) is 0. The molecule has 234 valence electrons. The molecule has 3 nitrogen and oxygen atoms in total. The Hall–Kier alpha value is -6.84. The molecule has 0 unspecified atom stereocenters. The number of para-hydroxylation sites is 4. The minimum absolute atomic E-state index is 1.16. The topological polar surface area (TPSA) is 13.8 Å².